The van der Waals surface area contributed by atoms with Gasteiger partial charge in [0.1, 0.15) is 0 Å². The smallest absolute Gasteiger partial charge is 0.271 e. The van der Waals surface area contributed by atoms with Crippen LogP contribution in [0.2, 0.25) is 0 Å². The fourth-order valence-corrected chi connectivity index (χ4v) is 3.14. The summed E-state index contributed by atoms with van der Waals surface area (Å²) in [6.45, 7) is 1.94. The van der Waals surface area contributed by atoms with Crippen molar-refractivity contribution in [3.8, 4) is 10.6 Å². The number of aryl methyl sites for hydroxylation is 1. The number of aromatic nitrogens is 3. The summed E-state index contributed by atoms with van der Waals surface area (Å²) >= 11 is 1.55. The molecule has 0 aliphatic rings. The number of hydrogen-bond acceptors (Lipinski definition) is 8. The predicted octanol–water partition coefficient (Wildman–Crippen LogP) is 3.63. The van der Waals surface area contributed by atoms with Gasteiger partial charge in [-0.2, -0.15) is 0 Å². The number of benzene rings is 1. The standard InChI is InChI=1S/C16H16N6O2S/c1-10-14(25-16(18-10)21(2)3)13-7-8-17-15(20-13)19-11-5-4-6-12(9-11)22(23)24/h4-9H,1-3H3,(H,17,19,20). The minimum atomic E-state index is -0.439. The van der Waals surface area contributed by atoms with Gasteiger partial charge in [-0.3, -0.25) is 10.1 Å². The number of anilines is 3. The normalized spacial score (nSPS) is 10.5. The molecule has 0 spiro atoms. The molecule has 0 amide bonds. The van der Waals surface area contributed by atoms with Crippen LogP contribution in [0.25, 0.3) is 10.6 Å². The van der Waals surface area contributed by atoms with E-state index in [-0.39, 0.29) is 5.69 Å². The van der Waals surface area contributed by atoms with Gasteiger partial charge in [0, 0.05) is 38.1 Å². The van der Waals surface area contributed by atoms with Gasteiger partial charge in [-0.15, -0.1) is 0 Å². The van der Waals surface area contributed by atoms with E-state index in [0.717, 1.165) is 21.4 Å². The Kier molecular flexibility index (Phi) is 4.57. The number of rotatable bonds is 5. The average molecular weight is 356 g/mol. The van der Waals surface area contributed by atoms with E-state index in [1.54, 1.807) is 29.7 Å². The van der Waals surface area contributed by atoms with Gasteiger partial charge in [0.05, 0.1) is 21.2 Å². The van der Waals surface area contributed by atoms with Crippen LogP contribution in [0.1, 0.15) is 5.69 Å². The van der Waals surface area contributed by atoms with Gasteiger partial charge in [0.25, 0.3) is 5.69 Å². The zero-order chi connectivity index (χ0) is 18.0. The molecule has 128 valence electrons. The predicted molar refractivity (Wildman–Crippen MR) is 98.6 cm³/mol. The molecule has 8 nitrogen and oxygen atoms in total. The maximum Gasteiger partial charge on any atom is 0.271 e. The fraction of sp³-hybridized carbons (Fsp3) is 0.188. The first-order valence-electron chi connectivity index (χ1n) is 7.43. The maximum atomic E-state index is 10.9. The Bertz CT molecular complexity index is 924. The zero-order valence-corrected chi connectivity index (χ0v) is 14.7. The lowest BCUT2D eigenvalue weighted by Gasteiger charge is -2.06. The van der Waals surface area contributed by atoms with Crippen LogP contribution in [0.15, 0.2) is 36.5 Å². The van der Waals surface area contributed by atoms with Gasteiger partial charge in [0.15, 0.2) is 5.13 Å². The largest absolute Gasteiger partial charge is 0.354 e. The first-order chi connectivity index (χ1) is 11.9. The first kappa shape index (κ1) is 16.8. The van der Waals surface area contributed by atoms with Gasteiger partial charge in [-0.25, -0.2) is 15.0 Å². The van der Waals surface area contributed by atoms with Crippen molar-refractivity contribution in [3.05, 3.63) is 52.3 Å². The Morgan fingerprint density at radius 2 is 2.04 bits per heavy atom. The highest BCUT2D eigenvalue weighted by Crippen LogP contribution is 2.33. The lowest BCUT2D eigenvalue weighted by molar-refractivity contribution is -0.384. The molecular weight excluding hydrogens is 340 g/mol. The van der Waals surface area contributed by atoms with Crippen molar-refractivity contribution in [2.24, 2.45) is 0 Å². The topological polar surface area (TPSA) is 97.1 Å². The molecule has 2 heterocycles. The molecule has 1 aromatic carbocycles. The fourth-order valence-electron chi connectivity index (χ4n) is 2.18. The molecule has 0 saturated heterocycles. The highest BCUT2D eigenvalue weighted by Gasteiger charge is 2.13. The summed E-state index contributed by atoms with van der Waals surface area (Å²) in [4.78, 5) is 26.6. The first-order valence-corrected chi connectivity index (χ1v) is 8.25. The van der Waals surface area contributed by atoms with Crippen molar-refractivity contribution in [1.82, 2.24) is 15.0 Å². The molecule has 3 aromatic rings. The molecule has 0 unspecified atom stereocenters. The van der Waals surface area contributed by atoms with Crippen LogP contribution in [-0.2, 0) is 0 Å². The molecule has 25 heavy (non-hydrogen) atoms. The number of nitro benzene ring substituents is 1. The highest BCUT2D eigenvalue weighted by atomic mass is 32.1. The van der Waals surface area contributed by atoms with E-state index in [0.29, 0.717) is 11.6 Å². The number of hydrogen-bond donors (Lipinski definition) is 1. The lowest BCUT2D eigenvalue weighted by Crippen LogP contribution is -2.07. The lowest BCUT2D eigenvalue weighted by atomic mass is 10.3. The van der Waals surface area contributed by atoms with Crippen molar-refractivity contribution in [2.75, 3.05) is 24.3 Å². The van der Waals surface area contributed by atoms with E-state index < -0.39 is 4.92 Å². The summed E-state index contributed by atoms with van der Waals surface area (Å²) in [5.41, 5.74) is 2.22. The Hall–Kier alpha value is -3.07. The number of nitro groups is 1. The van der Waals surface area contributed by atoms with Crippen molar-refractivity contribution < 1.29 is 4.92 Å². The molecule has 0 bridgehead atoms. The summed E-state index contributed by atoms with van der Waals surface area (Å²) in [5.74, 6) is 0.372. The molecule has 3 rings (SSSR count). The second kappa shape index (κ2) is 6.81. The van der Waals surface area contributed by atoms with Crippen LogP contribution >= 0.6 is 11.3 Å². The number of thiazole rings is 1. The Balaban J connectivity index is 1.89. The molecule has 0 aliphatic carbocycles. The quantitative estimate of drug-likeness (QED) is 0.551. The van der Waals surface area contributed by atoms with Crippen molar-refractivity contribution in [1.29, 1.82) is 0 Å². The number of nitrogens with one attached hydrogen (secondary N) is 1. The van der Waals surface area contributed by atoms with Crippen LogP contribution in [-0.4, -0.2) is 34.0 Å². The summed E-state index contributed by atoms with van der Waals surface area (Å²) in [7, 11) is 3.88. The molecule has 0 atom stereocenters. The highest BCUT2D eigenvalue weighted by molar-refractivity contribution is 7.19. The molecule has 1 N–H and O–H groups in total. The van der Waals surface area contributed by atoms with Crippen LogP contribution in [0, 0.1) is 17.0 Å². The van der Waals surface area contributed by atoms with E-state index in [1.165, 1.54) is 12.1 Å². The van der Waals surface area contributed by atoms with Gasteiger partial charge in [-0.1, -0.05) is 17.4 Å². The maximum absolute atomic E-state index is 10.9. The summed E-state index contributed by atoms with van der Waals surface area (Å²) in [5, 5.41) is 14.8. The van der Waals surface area contributed by atoms with E-state index >= 15 is 0 Å². The summed E-state index contributed by atoms with van der Waals surface area (Å²) in [6.07, 6.45) is 1.65. The molecular formula is C16H16N6O2S. The van der Waals surface area contributed by atoms with Gasteiger partial charge < -0.3 is 10.2 Å². The molecule has 0 radical (unpaired) electrons. The third kappa shape index (κ3) is 3.72. The minimum absolute atomic E-state index is 0.00933. The van der Waals surface area contributed by atoms with Crippen LogP contribution < -0.4 is 10.2 Å². The molecule has 2 aromatic heterocycles. The monoisotopic (exact) mass is 356 g/mol. The summed E-state index contributed by atoms with van der Waals surface area (Å²) < 4.78 is 0. The Morgan fingerprint density at radius 3 is 2.72 bits per heavy atom. The minimum Gasteiger partial charge on any atom is -0.354 e. The zero-order valence-electron chi connectivity index (χ0n) is 13.9. The molecule has 0 aliphatic heterocycles. The van der Waals surface area contributed by atoms with Crippen molar-refractivity contribution >= 4 is 33.8 Å². The Labute approximate surface area is 148 Å². The van der Waals surface area contributed by atoms with E-state index in [4.69, 9.17) is 0 Å². The third-order valence-corrected chi connectivity index (χ3v) is 4.72. The second-order valence-corrected chi connectivity index (χ2v) is 6.48. The van der Waals surface area contributed by atoms with Crippen molar-refractivity contribution in [2.45, 2.75) is 6.92 Å². The number of nitrogens with zero attached hydrogens (tertiary/aromatic N) is 5. The van der Waals surface area contributed by atoms with Gasteiger partial charge in [-0.05, 0) is 19.1 Å². The average Bonchev–Trinajstić information content (AvgIpc) is 2.97. The van der Waals surface area contributed by atoms with Crippen LogP contribution in [0.5, 0.6) is 0 Å². The summed E-state index contributed by atoms with van der Waals surface area (Å²) in [6, 6.07) is 8.04. The van der Waals surface area contributed by atoms with E-state index in [9.17, 15) is 10.1 Å². The Morgan fingerprint density at radius 1 is 1.24 bits per heavy atom. The molecule has 9 heteroatoms. The van der Waals surface area contributed by atoms with E-state index in [2.05, 4.69) is 20.3 Å². The van der Waals surface area contributed by atoms with Crippen molar-refractivity contribution in [3.63, 3.8) is 0 Å². The van der Waals surface area contributed by atoms with Crippen LogP contribution in [0.4, 0.5) is 22.5 Å². The third-order valence-electron chi connectivity index (χ3n) is 3.37. The van der Waals surface area contributed by atoms with Gasteiger partial charge >= 0.3 is 0 Å². The number of non-ortho nitro benzene ring substituents is 1. The second-order valence-electron chi connectivity index (χ2n) is 5.50. The van der Waals surface area contributed by atoms with E-state index in [1.807, 2.05) is 32.0 Å². The van der Waals surface area contributed by atoms with Gasteiger partial charge in [0.2, 0.25) is 5.95 Å². The SMILES string of the molecule is Cc1nc(N(C)C)sc1-c1ccnc(Nc2cccc([N+](=O)[O-])c2)n1. The molecule has 0 saturated carbocycles. The molecule has 0 fully saturated rings. The van der Waals surface area contributed by atoms with Crippen LogP contribution in [0.3, 0.4) is 0 Å².